The zero-order chi connectivity index (χ0) is 11.5. The van der Waals surface area contributed by atoms with Crippen LogP contribution in [0.15, 0.2) is 49.0 Å². The van der Waals surface area contributed by atoms with Gasteiger partial charge in [0, 0.05) is 12.6 Å². The third-order valence-corrected chi connectivity index (χ3v) is 2.42. The fourth-order valence-electron chi connectivity index (χ4n) is 1.66. The molecule has 0 bridgehead atoms. The highest BCUT2D eigenvalue weighted by Crippen LogP contribution is 2.18. The van der Waals surface area contributed by atoms with E-state index >= 15 is 0 Å². The number of hydrogen-bond donors (Lipinski definition) is 1. The van der Waals surface area contributed by atoms with Crippen LogP contribution in [-0.2, 0) is 4.79 Å². The minimum absolute atomic E-state index is 0.0989. The third-order valence-electron chi connectivity index (χ3n) is 2.42. The van der Waals surface area contributed by atoms with E-state index in [4.69, 9.17) is 0 Å². The van der Waals surface area contributed by atoms with Gasteiger partial charge >= 0.3 is 0 Å². The first kappa shape index (κ1) is 10.4. The van der Waals surface area contributed by atoms with Crippen LogP contribution in [0.5, 0.6) is 0 Å². The van der Waals surface area contributed by atoms with Crippen LogP contribution in [0.25, 0.3) is 16.5 Å². The van der Waals surface area contributed by atoms with Crippen LogP contribution in [0.3, 0.4) is 0 Å². The van der Waals surface area contributed by atoms with Crippen molar-refractivity contribution < 1.29 is 4.79 Å². The van der Waals surface area contributed by atoms with Crippen molar-refractivity contribution in [2.45, 2.75) is 6.92 Å². The topological polar surface area (TPSA) is 29.1 Å². The molecule has 0 saturated heterocycles. The van der Waals surface area contributed by atoms with Crippen LogP contribution in [0.4, 0.5) is 0 Å². The van der Waals surface area contributed by atoms with E-state index in [1.807, 2.05) is 36.4 Å². The van der Waals surface area contributed by atoms with E-state index in [0.29, 0.717) is 5.70 Å². The predicted molar refractivity (Wildman–Crippen MR) is 66.8 cm³/mol. The number of benzene rings is 2. The SMILES string of the molecule is C=C(NC(C)=O)c1ccc2ccccc2c1. The van der Waals surface area contributed by atoms with Crippen LogP contribution >= 0.6 is 0 Å². The third kappa shape index (κ3) is 2.11. The number of nitrogens with one attached hydrogen (secondary N) is 1. The molecule has 0 saturated carbocycles. The molecule has 16 heavy (non-hydrogen) atoms. The van der Waals surface area contributed by atoms with Crippen LogP contribution in [-0.4, -0.2) is 5.91 Å². The maximum absolute atomic E-state index is 10.9. The molecule has 0 radical (unpaired) electrons. The molecule has 2 rings (SSSR count). The van der Waals surface area contributed by atoms with E-state index in [1.165, 1.54) is 12.3 Å². The zero-order valence-electron chi connectivity index (χ0n) is 9.16. The largest absolute Gasteiger partial charge is 0.326 e. The molecule has 2 aromatic rings. The van der Waals surface area contributed by atoms with Crippen molar-refractivity contribution in [2.75, 3.05) is 0 Å². The Kier molecular flexibility index (Phi) is 2.73. The fourth-order valence-corrected chi connectivity index (χ4v) is 1.66. The summed E-state index contributed by atoms with van der Waals surface area (Å²) < 4.78 is 0. The Bertz CT molecular complexity index is 557. The van der Waals surface area contributed by atoms with Gasteiger partial charge in [-0.05, 0) is 22.4 Å². The Hall–Kier alpha value is -2.09. The first-order chi connectivity index (χ1) is 7.66. The van der Waals surface area contributed by atoms with Crippen molar-refractivity contribution in [3.05, 3.63) is 54.6 Å². The average molecular weight is 211 g/mol. The molecule has 0 fully saturated rings. The van der Waals surface area contributed by atoms with Crippen molar-refractivity contribution in [1.29, 1.82) is 0 Å². The van der Waals surface area contributed by atoms with E-state index in [1.54, 1.807) is 0 Å². The van der Waals surface area contributed by atoms with Gasteiger partial charge in [0.2, 0.25) is 5.91 Å². The first-order valence-corrected chi connectivity index (χ1v) is 5.12. The summed E-state index contributed by atoms with van der Waals surface area (Å²) in [6, 6.07) is 14.1. The van der Waals surface area contributed by atoms with Crippen molar-refractivity contribution in [3.63, 3.8) is 0 Å². The minimum Gasteiger partial charge on any atom is -0.326 e. The summed E-state index contributed by atoms with van der Waals surface area (Å²) in [4.78, 5) is 10.9. The second kappa shape index (κ2) is 4.19. The molecule has 1 amide bonds. The Morgan fingerprint density at radius 3 is 2.50 bits per heavy atom. The molecule has 80 valence electrons. The Labute approximate surface area is 94.6 Å². The monoisotopic (exact) mass is 211 g/mol. The standard InChI is InChI=1S/C14H13NO/c1-10(15-11(2)16)13-8-7-12-5-3-4-6-14(12)9-13/h3-9H,1H2,2H3,(H,15,16). The maximum atomic E-state index is 10.9. The molecule has 0 aromatic heterocycles. The summed E-state index contributed by atoms with van der Waals surface area (Å²) in [5.41, 5.74) is 1.58. The first-order valence-electron chi connectivity index (χ1n) is 5.12. The minimum atomic E-state index is -0.0989. The molecule has 0 aliphatic rings. The normalized spacial score (nSPS) is 10.1. The van der Waals surface area contributed by atoms with Crippen molar-refractivity contribution in [3.8, 4) is 0 Å². The van der Waals surface area contributed by atoms with E-state index in [-0.39, 0.29) is 5.91 Å². The van der Waals surface area contributed by atoms with Gasteiger partial charge in [-0.25, -0.2) is 0 Å². The smallest absolute Gasteiger partial charge is 0.221 e. The molecule has 2 nitrogen and oxygen atoms in total. The summed E-state index contributed by atoms with van der Waals surface area (Å²) in [5.74, 6) is -0.0989. The molecule has 2 heteroatoms. The quantitative estimate of drug-likeness (QED) is 0.813. The summed E-state index contributed by atoms with van der Waals surface area (Å²) in [6.45, 7) is 5.32. The summed E-state index contributed by atoms with van der Waals surface area (Å²) in [5, 5.41) is 5.02. The van der Waals surface area contributed by atoms with Crippen LogP contribution < -0.4 is 5.32 Å². The molecule has 2 aromatic carbocycles. The Morgan fingerprint density at radius 1 is 1.12 bits per heavy atom. The van der Waals surface area contributed by atoms with E-state index in [0.717, 1.165) is 10.9 Å². The summed E-state index contributed by atoms with van der Waals surface area (Å²) >= 11 is 0. The zero-order valence-corrected chi connectivity index (χ0v) is 9.16. The highest BCUT2D eigenvalue weighted by Gasteiger charge is 2.01. The number of rotatable bonds is 2. The molecule has 0 aliphatic carbocycles. The number of hydrogen-bond acceptors (Lipinski definition) is 1. The van der Waals surface area contributed by atoms with Gasteiger partial charge in [0.15, 0.2) is 0 Å². The molecule has 1 N–H and O–H groups in total. The van der Waals surface area contributed by atoms with Gasteiger partial charge in [-0.15, -0.1) is 0 Å². The molecule has 0 spiro atoms. The van der Waals surface area contributed by atoms with Gasteiger partial charge < -0.3 is 5.32 Å². The van der Waals surface area contributed by atoms with Crippen molar-refractivity contribution in [2.24, 2.45) is 0 Å². The van der Waals surface area contributed by atoms with E-state index in [9.17, 15) is 4.79 Å². The van der Waals surface area contributed by atoms with Gasteiger partial charge in [0.05, 0.1) is 0 Å². The van der Waals surface area contributed by atoms with Gasteiger partial charge in [-0.2, -0.15) is 0 Å². The number of carbonyl (C=O) groups excluding carboxylic acids is 1. The highest BCUT2D eigenvalue weighted by atomic mass is 16.1. The molecule has 0 aliphatic heterocycles. The van der Waals surface area contributed by atoms with Gasteiger partial charge in [-0.3, -0.25) is 4.79 Å². The molecule has 0 heterocycles. The maximum Gasteiger partial charge on any atom is 0.221 e. The van der Waals surface area contributed by atoms with Crippen molar-refractivity contribution in [1.82, 2.24) is 5.32 Å². The van der Waals surface area contributed by atoms with Crippen LogP contribution in [0.1, 0.15) is 12.5 Å². The molecule has 0 atom stereocenters. The highest BCUT2D eigenvalue weighted by molar-refractivity contribution is 5.89. The lowest BCUT2D eigenvalue weighted by Crippen LogP contribution is -2.17. The lowest BCUT2D eigenvalue weighted by atomic mass is 10.1. The predicted octanol–water partition coefficient (Wildman–Crippen LogP) is 2.95. The van der Waals surface area contributed by atoms with Crippen LogP contribution in [0, 0.1) is 0 Å². The molecular weight excluding hydrogens is 198 g/mol. The second-order valence-corrected chi connectivity index (χ2v) is 3.72. The van der Waals surface area contributed by atoms with Crippen molar-refractivity contribution >= 4 is 22.4 Å². The number of amides is 1. The summed E-state index contributed by atoms with van der Waals surface area (Å²) in [6.07, 6.45) is 0. The lowest BCUT2D eigenvalue weighted by molar-refractivity contribution is -0.117. The van der Waals surface area contributed by atoms with E-state index in [2.05, 4.69) is 18.0 Å². The van der Waals surface area contributed by atoms with Gasteiger partial charge in [-0.1, -0.05) is 43.0 Å². The fraction of sp³-hybridized carbons (Fsp3) is 0.0714. The lowest BCUT2D eigenvalue weighted by Gasteiger charge is -2.07. The Balaban J connectivity index is 2.39. The average Bonchev–Trinajstić information content (AvgIpc) is 2.27. The van der Waals surface area contributed by atoms with Crippen LogP contribution in [0.2, 0.25) is 0 Å². The second-order valence-electron chi connectivity index (χ2n) is 3.72. The summed E-state index contributed by atoms with van der Waals surface area (Å²) in [7, 11) is 0. The Morgan fingerprint density at radius 2 is 1.81 bits per heavy atom. The van der Waals surface area contributed by atoms with Gasteiger partial charge in [0.25, 0.3) is 0 Å². The molecular formula is C14H13NO. The number of fused-ring (bicyclic) bond motifs is 1. The number of carbonyl (C=O) groups is 1. The molecule has 0 unspecified atom stereocenters. The van der Waals surface area contributed by atoms with Gasteiger partial charge in [0.1, 0.15) is 0 Å². The van der Waals surface area contributed by atoms with E-state index < -0.39 is 0 Å².